The Morgan fingerprint density at radius 1 is 0.968 bits per heavy atom. The predicted molar refractivity (Wildman–Crippen MR) is 120 cm³/mol. The maximum Gasteiger partial charge on any atom is 0.416 e. The van der Waals surface area contributed by atoms with Crippen LogP contribution in [-0.2, 0) is 6.18 Å². The molecule has 0 spiro atoms. The number of ether oxygens (including phenoxy) is 1. The summed E-state index contributed by atoms with van der Waals surface area (Å²) in [4.78, 5) is 17.3. The van der Waals surface area contributed by atoms with Crippen LogP contribution in [0.4, 0.5) is 18.9 Å². The molecular formula is C23H14F3IN2O2. The van der Waals surface area contributed by atoms with Gasteiger partial charge in [-0.3, -0.25) is 9.78 Å². The third kappa shape index (κ3) is 4.79. The van der Waals surface area contributed by atoms with Crippen molar-refractivity contribution in [2.45, 2.75) is 6.18 Å². The Hall–Kier alpha value is -3.14. The number of fused-ring (bicyclic) bond motifs is 1. The van der Waals surface area contributed by atoms with Crippen LogP contribution < -0.4 is 10.1 Å². The van der Waals surface area contributed by atoms with E-state index in [0.717, 1.165) is 27.2 Å². The number of carbonyl (C=O) groups excluding carboxylic acids is 1. The normalized spacial score (nSPS) is 11.4. The van der Waals surface area contributed by atoms with E-state index >= 15 is 0 Å². The van der Waals surface area contributed by atoms with Crippen LogP contribution in [0.5, 0.6) is 11.5 Å². The summed E-state index contributed by atoms with van der Waals surface area (Å²) in [5, 5.41) is 3.46. The lowest BCUT2D eigenvalue weighted by Gasteiger charge is -2.15. The van der Waals surface area contributed by atoms with Crippen LogP contribution in [0, 0.1) is 3.57 Å². The molecule has 4 aromatic rings. The number of halogens is 4. The second kappa shape index (κ2) is 8.54. The molecule has 0 bridgehead atoms. The van der Waals surface area contributed by atoms with E-state index in [2.05, 4.69) is 32.9 Å². The molecule has 0 aliphatic heterocycles. The van der Waals surface area contributed by atoms with Gasteiger partial charge in [0.15, 0.2) is 0 Å². The minimum absolute atomic E-state index is 0.0145. The number of anilines is 1. The van der Waals surface area contributed by atoms with Crippen molar-refractivity contribution in [1.29, 1.82) is 0 Å². The number of amides is 1. The van der Waals surface area contributed by atoms with Crippen LogP contribution >= 0.6 is 22.6 Å². The van der Waals surface area contributed by atoms with Crippen LogP contribution in [-0.4, -0.2) is 10.9 Å². The van der Waals surface area contributed by atoms with Gasteiger partial charge in [-0.1, -0.05) is 24.3 Å². The average molecular weight is 534 g/mol. The zero-order valence-corrected chi connectivity index (χ0v) is 17.9. The Labute approximate surface area is 189 Å². The van der Waals surface area contributed by atoms with Crippen molar-refractivity contribution in [1.82, 2.24) is 4.98 Å². The van der Waals surface area contributed by atoms with Gasteiger partial charge in [0.2, 0.25) is 0 Å². The first-order valence-electron chi connectivity index (χ1n) is 9.11. The second-order valence-electron chi connectivity index (χ2n) is 6.60. The van der Waals surface area contributed by atoms with Crippen LogP contribution in [0.25, 0.3) is 10.9 Å². The van der Waals surface area contributed by atoms with E-state index in [1.807, 2.05) is 18.2 Å². The molecular weight excluding hydrogens is 520 g/mol. The zero-order valence-electron chi connectivity index (χ0n) is 15.8. The van der Waals surface area contributed by atoms with E-state index < -0.39 is 17.6 Å². The lowest BCUT2D eigenvalue weighted by atomic mass is 10.1. The molecule has 0 radical (unpaired) electrons. The molecule has 0 saturated carbocycles. The van der Waals surface area contributed by atoms with Gasteiger partial charge in [0.1, 0.15) is 11.5 Å². The molecule has 0 fully saturated rings. The summed E-state index contributed by atoms with van der Waals surface area (Å²) in [6, 6.07) is 18.6. The quantitative estimate of drug-likeness (QED) is 0.290. The number of nitrogens with zero attached hydrogens (tertiary/aromatic N) is 1. The summed E-state index contributed by atoms with van der Waals surface area (Å²) in [6.45, 7) is 0. The maximum absolute atomic E-state index is 13.3. The van der Waals surface area contributed by atoms with Crippen molar-refractivity contribution in [3.63, 3.8) is 0 Å². The topological polar surface area (TPSA) is 51.2 Å². The highest BCUT2D eigenvalue weighted by Gasteiger charge is 2.32. The molecule has 0 unspecified atom stereocenters. The number of pyridine rings is 1. The summed E-state index contributed by atoms with van der Waals surface area (Å²) in [7, 11) is 0. The summed E-state index contributed by atoms with van der Waals surface area (Å²) in [5.41, 5.74) is -0.253. The van der Waals surface area contributed by atoms with Crippen LogP contribution in [0.1, 0.15) is 15.9 Å². The molecule has 0 atom stereocenters. The number of carbonyl (C=O) groups is 1. The monoisotopic (exact) mass is 534 g/mol. The van der Waals surface area contributed by atoms with Crippen molar-refractivity contribution < 1.29 is 22.7 Å². The largest absolute Gasteiger partial charge is 0.456 e. The van der Waals surface area contributed by atoms with Crippen LogP contribution in [0.15, 0.2) is 79.0 Å². The molecule has 4 nitrogen and oxygen atoms in total. The maximum atomic E-state index is 13.3. The first kappa shape index (κ1) is 21.1. The number of hydrogen-bond donors (Lipinski definition) is 1. The molecule has 0 aliphatic carbocycles. The smallest absolute Gasteiger partial charge is 0.416 e. The molecule has 31 heavy (non-hydrogen) atoms. The van der Waals surface area contributed by atoms with E-state index in [4.69, 9.17) is 4.74 Å². The summed E-state index contributed by atoms with van der Waals surface area (Å²) >= 11 is 2.09. The SMILES string of the molecule is O=C(Nc1cccc2cccnc12)c1cc(C(F)(F)F)ccc1Oc1cccc(I)c1. The first-order valence-corrected chi connectivity index (χ1v) is 10.2. The third-order valence-corrected chi connectivity index (χ3v) is 5.13. The van der Waals surface area contributed by atoms with Gasteiger partial charge in [0.05, 0.1) is 22.3 Å². The van der Waals surface area contributed by atoms with Gasteiger partial charge in [-0.2, -0.15) is 13.2 Å². The van der Waals surface area contributed by atoms with E-state index in [-0.39, 0.29) is 11.3 Å². The summed E-state index contributed by atoms with van der Waals surface area (Å²) < 4.78 is 46.5. The molecule has 156 valence electrons. The Morgan fingerprint density at radius 3 is 2.52 bits per heavy atom. The van der Waals surface area contributed by atoms with Gasteiger partial charge in [0, 0.05) is 15.2 Å². The van der Waals surface area contributed by atoms with Gasteiger partial charge in [-0.25, -0.2) is 0 Å². The highest BCUT2D eigenvalue weighted by Crippen LogP contribution is 2.35. The second-order valence-corrected chi connectivity index (χ2v) is 7.85. The average Bonchev–Trinajstić information content (AvgIpc) is 2.73. The molecule has 0 aliphatic rings. The number of benzene rings is 3. The summed E-state index contributed by atoms with van der Waals surface area (Å²) in [6.07, 6.45) is -3.02. The predicted octanol–water partition coefficient (Wildman–Crippen LogP) is 6.90. The van der Waals surface area contributed by atoms with E-state index in [9.17, 15) is 18.0 Å². The van der Waals surface area contributed by atoms with Gasteiger partial charge >= 0.3 is 6.18 Å². The zero-order chi connectivity index (χ0) is 22.0. The molecule has 1 amide bonds. The van der Waals surface area contributed by atoms with Crippen molar-refractivity contribution in [3.8, 4) is 11.5 Å². The standard InChI is InChI=1S/C23H14F3IN2O2/c24-23(25,26)15-9-10-20(31-17-7-2-6-16(27)13-17)18(12-15)22(30)29-19-8-1-4-14-5-3-11-28-21(14)19/h1-13H,(H,29,30). The van der Waals surface area contributed by atoms with Crippen molar-refractivity contribution in [2.24, 2.45) is 0 Å². The molecule has 1 aromatic heterocycles. The van der Waals surface area contributed by atoms with Gasteiger partial charge < -0.3 is 10.1 Å². The minimum atomic E-state index is -4.60. The number of para-hydroxylation sites is 1. The lowest BCUT2D eigenvalue weighted by Crippen LogP contribution is -2.15. The number of rotatable bonds is 4. The highest BCUT2D eigenvalue weighted by atomic mass is 127. The van der Waals surface area contributed by atoms with E-state index in [0.29, 0.717) is 17.0 Å². The third-order valence-electron chi connectivity index (χ3n) is 4.46. The van der Waals surface area contributed by atoms with Crippen molar-refractivity contribution in [2.75, 3.05) is 5.32 Å². The first-order chi connectivity index (χ1) is 14.8. The summed E-state index contributed by atoms with van der Waals surface area (Å²) in [5.74, 6) is -0.307. The Bertz CT molecular complexity index is 1270. The number of alkyl halides is 3. The van der Waals surface area contributed by atoms with E-state index in [1.165, 1.54) is 0 Å². The fraction of sp³-hybridized carbons (Fsp3) is 0.0435. The number of aromatic nitrogens is 1. The van der Waals surface area contributed by atoms with Gasteiger partial charge in [-0.15, -0.1) is 0 Å². The van der Waals surface area contributed by atoms with Crippen LogP contribution in [0.2, 0.25) is 0 Å². The Balaban J connectivity index is 1.74. The fourth-order valence-electron chi connectivity index (χ4n) is 3.02. The number of hydrogen-bond acceptors (Lipinski definition) is 3. The van der Waals surface area contributed by atoms with Crippen LogP contribution in [0.3, 0.4) is 0 Å². The molecule has 3 aromatic carbocycles. The lowest BCUT2D eigenvalue weighted by molar-refractivity contribution is -0.137. The van der Waals surface area contributed by atoms with Gasteiger partial charge in [-0.05, 0) is 71.1 Å². The number of nitrogens with one attached hydrogen (secondary N) is 1. The molecule has 8 heteroatoms. The Kier molecular flexibility index (Phi) is 5.81. The molecule has 0 saturated heterocycles. The molecule has 1 heterocycles. The molecule has 4 rings (SSSR count). The van der Waals surface area contributed by atoms with Crippen molar-refractivity contribution >= 4 is 45.1 Å². The van der Waals surface area contributed by atoms with E-state index in [1.54, 1.807) is 42.6 Å². The fourth-order valence-corrected chi connectivity index (χ4v) is 3.54. The van der Waals surface area contributed by atoms with Gasteiger partial charge in [0.25, 0.3) is 5.91 Å². The molecule has 1 N–H and O–H groups in total. The minimum Gasteiger partial charge on any atom is -0.456 e. The van der Waals surface area contributed by atoms with Crippen molar-refractivity contribution in [3.05, 3.63) is 93.7 Å². The highest BCUT2D eigenvalue weighted by molar-refractivity contribution is 14.1. The Morgan fingerprint density at radius 2 is 1.74 bits per heavy atom.